The fraction of sp³-hybridized carbons (Fsp3) is 0.353. The SMILES string of the molecule is O=C(N/N=C/c1c[nH]c2ccccc12)C1CCCN(C(=O)C(F)(F)F)C1. The Morgan fingerprint density at radius 1 is 1.31 bits per heavy atom. The number of H-pyrrole nitrogens is 1. The average Bonchev–Trinajstić information content (AvgIpc) is 3.03. The van der Waals surface area contributed by atoms with E-state index in [1.54, 1.807) is 6.20 Å². The van der Waals surface area contributed by atoms with Gasteiger partial charge in [-0.1, -0.05) is 18.2 Å². The fourth-order valence-corrected chi connectivity index (χ4v) is 3.01. The number of fused-ring (bicyclic) bond motifs is 1. The first-order chi connectivity index (χ1) is 12.4. The first-order valence-electron chi connectivity index (χ1n) is 8.11. The van der Waals surface area contributed by atoms with Crippen molar-refractivity contribution < 1.29 is 22.8 Å². The van der Waals surface area contributed by atoms with E-state index in [0.717, 1.165) is 16.5 Å². The van der Waals surface area contributed by atoms with Crippen molar-refractivity contribution in [2.75, 3.05) is 13.1 Å². The van der Waals surface area contributed by atoms with Crippen molar-refractivity contribution >= 4 is 28.9 Å². The fourth-order valence-electron chi connectivity index (χ4n) is 3.01. The maximum atomic E-state index is 12.5. The molecule has 0 bridgehead atoms. The number of nitrogens with zero attached hydrogens (tertiary/aromatic N) is 2. The number of carbonyl (C=O) groups excluding carboxylic acids is 2. The average molecular weight is 366 g/mol. The number of hydrogen-bond donors (Lipinski definition) is 2. The van der Waals surface area contributed by atoms with Crippen LogP contribution in [0.3, 0.4) is 0 Å². The van der Waals surface area contributed by atoms with Crippen molar-refractivity contribution in [3.8, 4) is 0 Å². The van der Waals surface area contributed by atoms with Crippen LogP contribution in [0.4, 0.5) is 13.2 Å². The molecule has 1 unspecified atom stereocenters. The van der Waals surface area contributed by atoms with Crippen molar-refractivity contribution in [3.05, 3.63) is 36.0 Å². The monoisotopic (exact) mass is 366 g/mol. The first kappa shape index (κ1) is 18.0. The van der Waals surface area contributed by atoms with Crippen LogP contribution >= 0.6 is 0 Å². The molecule has 1 atom stereocenters. The topological polar surface area (TPSA) is 77.6 Å². The third kappa shape index (κ3) is 3.87. The van der Waals surface area contributed by atoms with Crippen LogP contribution in [0.2, 0.25) is 0 Å². The smallest absolute Gasteiger partial charge is 0.361 e. The van der Waals surface area contributed by atoms with Gasteiger partial charge < -0.3 is 9.88 Å². The normalized spacial score (nSPS) is 18.4. The molecule has 6 nitrogen and oxygen atoms in total. The Labute approximate surface area is 147 Å². The highest BCUT2D eigenvalue weighted by molar-refractivity contribution is 5.99. The number of piperidine rings is 1. The van der Waals surface area contributed by atoms with Gasteiger partial charge >= 0.3 is 12.1 Å². The van der Waals surface area contributed by atoms with Gasteiger partial charge in [-0.25, -0.2) is 5.43 Å². The summed E-state index contributed by atoms with van der Waals surface area (Å²) < 4.78 is 37.6. The number of aromatic nitrogens is 1. The number of para-hydroxylation sites is 1. The Kier molecular flexibility index (Phi) is 4.97. The van der Waals surface area contributed by atoms with Crippen molar-refractivity contribution in [1.82, 2.24) is 15.3 Å². The Morgan fingerprint density at radius 2 is 2.08 bits per heavy atom. The minimum atomic E-state index is -4.92. The molecule has 0 spiro atoms. The molecule has 2 heterocycles. The van der Waals surface area contributed by atoms with Crippen molar-refractivity contribution in [2.24, 2.45) is 11.0 Å². The van der Waals surface area contributed by atoms with Crippen LogP contribution in [0.5, 0.6) is 0 Å². The quantitative estimate of drug-likeness (QED) is 0.646. The Bertz CT molecular complexity index is 844. The second-order valence-corrected chi connectivity index (χ2v) is 6.11. The van der Waals surface area contributed by atoms with E-state index in [0.29, 0.717) is 17.7 Å². The summed E-state index contributed by atoms with van der Waals surface area (Å²) in [5, 5.41) is 4.82. The summed E-state index contributed by atoms with van der Waals surface area (Å²) in [6.45, 7) is -0.256. The third-order valence-corrected chi connectivity index (χ3v) is 4.32. The summed E-state index contributed by atoms with van der Waals surface area (Å²) in [6, 6.07) is 7.56. The van der Waals surface area contributed by atoms with Crippen LogP contribution in [0.1, 0.15) is 18.4 Å². The zero-order valence-electron chi connectivity index (χ0n) is 13.7. The standard InChI is InChI=1S/C17H17F3N4O2/c18-17(19,20)16(26)24-7-3-4-11(10-24)15(25)23-22-9-12-8-21-14-6-2-1-5-13(12)14/h1-2,5-6,8-9,11,21H,3-4,7,10H2,(H,23,25)/b22-9+. The number of aromatic amines is 1. The van der Waals surface area contributed by atoms with Gasteiger partial charge in [0.2, 0.25) is 5.91 Å². The summed E-state index contributed by atoms with van der Waals surface area (Å²) in [5.74, 6) is -3.12. The van der Waals surface area contributed by atoms with E-state index in [1.165, 1.54) is 6.21 Å². The minimum Gasteiger partial charge on any atom is -0.361 e. The van der Waals surface area contributed by atoms with Gasteiger partial charge in [-0.2, -0.15) is 18.3 Å². The van der Waals surface area contributed by atoms with E-state index in [-0.39, 0.29) is 13.1 Å². The Hall–Kier alpha value is -2.84. The van der Waals surface area contributed by atoms with Crippen molar-refractivity contribution in [3.63, 3.8) is 0 Å². The first-order valence-corrected chi connectivity index (χ1v) is 8.11. The van der Waals surface area contributed by atoms with Gasteiger partial charge in [0.25, 0.3) is 0 Å². The Balaban J connectivity index is 1.60. The molecule has 138 valence electrons. The summed E-state index contributed by atoms with van der Waals surface area (Å²) in [6.07, 6.45) is -0.961. The predicted octanol–water partition coefficient (Wildman–Crippen LogP) is 2.42. The van der Waals surface area contributed by atoms with Crippen LogP contribution < -0.4 is 5.43 Å². The van der Waals surface area contributed by atoms with E-state index in [2.05, 4.69) is 15.5 Å². The summed E-state index contributed by atoms with van der Waals surface area (Å²) in [7, 11) is 0. The lowest BCUT2D eigenvalue weighted by molar-refractivity contribution is -0.187. The molecule has 2 aromatic rings. The molecule has 9 heteroatoms. The molecule has 0 aliphatic carbocycles. The number of hydrazone groups is 1. The molecule has 2 N–H and O–H groups in total. The van der Waals surface area contributed by atoms with Gasteiger partial charge in [0.15, 0.2) is 0 Å². The van der Waals surface area contributed by atoms with E-state index in [4.69, 9.17) is 0 Å². The maximum Gasteiger partial charge on any atom is 0.471 e. The van der Waals surface area contributed by atoms with Crippen molar-refractivity contribution in [2.45, 2.75) is 19.0 Å². The van der Waals surface area contributed by atoms with Gasteiger partial charge in [-0.15, -0.1) is 0 Å². The highest BCUT2D eigenvalue weighted by atomic mass is 19.4. The number of benzene rings is 1. The van der Waals surface area contributed by atoms with E-state index < -0.39 is 23.9 Å². The van der Waals surface area contributed by atoms with Crippen LogP contribution in [-0.2, 0) is 9.59 Å². The number of rotatable bonds is 3. The van der Waals surface area contributed by atoms with Crippen LogP contribution in [0.25, 0.3) is 10.9 Å². The molecular weight excluding hydrogens is 349 g/mol. The highest BCUT2D eigenvalue weighted by Crippen LogP contribution is 2.24. The van der Waals surface area contributed by atoms with Gasteiger partial charge in [-0.3, -0.25) is 9.59 Å². The van der Waals surface area contributed by atoms with Gasteiger partial charge in [-0.05, 0) is 18.9 Å². The molecule has 1 aromatic heterocycles. The van der Waals surface area contributed by atoms with Crippen molar-refractivity contribution in [1.29, 1.82) is 0 Å². The minimum absolute atomic E-state index is 0.000725. The molecule has 0 saturated carbocycles. The van der Waals surface area contributed by atoms with E-state index in [1.807, 2.05) is 24.3 Å². The molecule has 0 radical (unpaired) electrons. The number of halogens is 3. The number of alkyl halides is 3. The molecule has 1 aromatic carbocycles. The number of likely N-dealkylation sites (tertiary alicyclic amines) is 1. The Morgan fingerprint density at radius 3 is 2.85 bits per heavy atom. The lowest BCUT2D eigenvalue weighted by atomic mass is 9.97. The number of amides is 2. The zero-order chi connectivity index (χ0) is 18.7. The van der Waals surface area contributed by atoms with E-state index >= 15 is 0 Å². The van der Waals surface area contributed by atoms with E-state index in [9.17, 15) is 22.8 Å². The lowest BCUT2D eigenvalue weighted by Gasteiger charge is -2.31. The number of carbonyl (C=O) groups is 2. The molecule has 2 amide bonds. The second kappa shape index (κ2) is 7.19. The molecule has 1 aliphatic heterocycles. The van der Waals surface area contributed by atoms with Crippen LogP contribution in [0.15, 0.2) is 35.6 Å². The number of nitrogens with one attached hydrogen (secondary N) is 2. The largest absolute Gasteiger partial charge is 0.471 e. The lowest BCUT2D eigenvalue weighted by Crippen LogP contribution is -2.49. The second-order valence-electron chi connectivity index (χ2n) is 6.11. The third-order valence-electron chi connectivity index (χ3n) is 4.32. The predicted molar refractivity (Wildman–Crippen MR) is 89.4 cm³/mol. The van der Waals surface area contributed by atoms with Gasteiger partial charge in [0.1, 0.15) is 0 Å². The summed E-state index contributed by atoms with van der Waals surface area (Å²) in [4.78, 5) is 27.2. The summed E-state index contributed by atoms with van der Waals surface area (Å²) in [5.41, 5.74) is 4.05. The molecule has 1 saturated heterocycles. The maximum absolute atomic E-state index is 12.5. The summed E-state index contributed by atoms with van der Waals surface area (Å²) >= 11 is 0. The molecule has 3 rings (SSSR count). The molecule has 1 fully saturated rings. The highest BCUT2D eigenvalue weighted by Gasteiger charge is 2.44. The van der Waals surface area contributed by atoms with Crippen LogP contribution in [-0.4, -0.2) is 47.2 Å². The van der Waals surface area contributed by atoms with Gasteiger partial charge in [0.05, 0.1) is 12.1 Å². The molecule has 1 aliphatic rings. The van der Waals surface area contributed by atoms with Gasteiger partial charge in [0, 0.05) is 35.8 Å². The van der Waals surface area contributed by atoms with Crippen LogP contribution in [0, 0.1) is 5.92 Å². The number of hydrogen-bond acceptors (Lipinski definition) is 3. The zero-order valence-corrected chi connectivity index (χ0v) is 13.7. The molecular formula is C17H17F3N4O2. The molecule has 26 heavy (non-hydrogen) atoms.